The van der Waals surface area contributed by atoms with Gasteiger partial charge in [-0.05, 0) is 67.1 Å². The third-order valence-corrected chi connectivity index (χ3v) is 8.91. The van der Waals surface area contributed by atoms with Gasteiger partial charge in [0.1, 0.15) is 5.82 Å². The standard InChI is InChI=1S/C35H46FN5O5S/c1-7-32(35(44)38-21-23(2)3)37-22-30(17-25-11-9-8-10-12-25)40-34(43)28-18-27(19-31(20-28)41(5)47(6,45)46)33(42)39-24(4)26-13-15-29(36)16-14-26/h8-16,18-20,23-24,30,32,37H,7,17,21-22H2,1-6H3,(H,38,44)(H,39,42)(H,40,43)/t24-,30+,32+/m1/s1. The Balaban J connectivity index is 1.89. The van der Waals surface area contributed by atoms with Crippen LogP contribution in [0.2, 0.25) is 0 Å². The minimum absolute atomic E-state index is 0.0720. The zero-order valence-corrected chi connectivity index (χ0v) is 28.7. The average molecular weight is 668 g/mol. The van der Waals surface area contributed by atoms with Gasteiger partial charge in [-0.3, -0.25) is 18.7 Å². The van der Waals surface area contributed by atoms with Crippen molar-refractivity contribution in [2.45, 2.75) is 58.7 Å². The highest BCUT2D eigenvalue weighted by Crippen LogP contribution is 2.22. The van der Waals surface area contributed by atoms with Crippen molar-refractivity contribution in [2.24, 2.45) is 5.92 Å². The zero-order chi connectivity index (χ0) is 34.7. The normalized spacial score (nSPS) is 13.4. The highest BCUT2D eigenvalue weighted by molar-refractivity contribution is 7.92. The number of benzene rings is 3. The number of hydrogen-bond donors (Lipinski definition) is 4. The Bertz CT molecular complexity index is 1620. The van der Waals surface area contributed by atoms with Crippen molar-refractivity contribution in [1.82, 2.24) is 21.3 Å². The van der Waals surface area contributed by atoms with E-state index in [1.54, 1.807) is 19.1 Å². The van der Waals surface area contributed by atoms with Gasteiger partial charge in [0.2, 0.25) is 15.9 Å². The van der Waals surface area contributed by atoms with E-state index in [9.17, 15) is 27.2 Å². The lowest BCUT2D eigenvalue weighted by Crippen LogP contribution is -2.50. The maximum Gasteiger partial charge on any atom is 0.251 e. The summed E-state index contributed by atoms with van der Waals surface area (Å²) < 4.78 is 39.3. The van der Waals surface area contributed by atoms with E-state index in [1.807, 2.05) is 51.1 Å². The van der Waals surface area contributed by atoms with Crippen molar-refractivity contribution in [3.8, 4) is 0 Å². The summed E-state index contributed by atoms with van der Waals surface area (Å²) in [5.74, 6) is -1.28. The third-order valence-electron chi connectivity index (χ3n) is 7.70. The molecule has 254 valence electrons. The smallest absolute Gasteiger partial charge is 0.251 e. The van der Waals surface area contributed by atoms with Crippen molar-refractivity contribution in [3.05, 3.63) is 101 Å². The average Bonchev–Trinajstić information content (AvgIpc) is 3.03. The van der Waals surface area contributed by atoms with Crippen LogP contribution in [0.5, 0.6) is 0 Å². The van der Waals surface area contributed by atoms with Crippen LogP contribution in [-0.4, -0.2) is 64.6 Å². The lowest BCUT2D eigenvalue weighted by Gasteiger charge is -2.24. The van der Waals surface area contributed by atoms with Crippen LogP contribution in [0.25, 0.3) is 0 Å². The van der Waals surface area contributed by atoms with Crippen molar-refractivity contribution in [2.75, 3.05) is 30.7 Å². The minimum Gasteiger partial charge on any atom is -0.354 e. The number of carbonyl (C=O) groups is 3. The first-order valence-corrected chi connectivity index (χ1v) is 17.5. The van der Waals surface area contributed by atoms with Crippen LogP contribution < -0.4 is 25.6 Å². The summed E-state index contributed by atoms with van der Waals surface area (Å²) >= 11 is 0. The fourth-order valence-corrected chi connectivity index (χ4v) is 5.33. The van der Waals surface area contributed by atoms with Gasteiger partial charge in [0, 0.05) is 37.3 Å². The molecule has 3 rings (SSSR count). The summed E-state index contributed by atoms with van der Waals surface area (Å²) in [5.41, 5.74) is 1.92. The maximum atomic E-state index is 13.8. The van der Waals surface area contributed by atoms with Crippen LogP contribution in [0, 0.1) is 11.7 Å². The Morgan fingerprint density at radius 3 is 2.00 bits per heavy atom. The number of nitrogens with one attached hydrogen (secondary N) is 4. The van der Waals surface area contributed by atoms with Crippen LogP contribution in [0.3, 0.4) is 0 Å². The van der Waals surface area contributed by atoms with Crippen LogP contribution in [0.4, 0.5) is 10.1 Å². The predicted molar refractivity (Wildman–Crippen MR) is 183 cm³/mol. The molecule has 0 spiro atoms. The van der Waals surface area contributed by atoms with Crippen LogP contribution in [-0.2, 0) is 21.2 Å². The lowest BCUT2D eigenvalue weighted by molar-refractivity contribution is -0.123. The summed E-state index contributed by atoms with van der Waals surface area (Å²) in [6.07, 6.45) is 2.03. The molecule has 0 saturated carbocycles. The highest BCUT2D eigenvalue weighted by atomic mass is 32.2. The molecule has 0 bridgehead atoms. The molecular formula is C35H46FN5O5S. The van der Waals surface area contributed by atoms with E-state index in [0.29, 0.717) is 30.9 Å². The molecule has 0 aliphatic heterocycles. The number of hydrogen-bond acceptors (Lipinski definition) is 6. The van der Waals surface area contributed by atoms with Crippen LogP contribution in [0.15, 0.2) is 72.8 Å². The molecule has 4 N–H and O–H groups in total. The van der Waals surface area contributed by atoms with Gasteiger partial charge in [-0.2, -0.15) is 0 Å². The van der Waals surface area contributed by atoms with Gasteiger partial charge < -0.3 is 21.3 Å². The Morgan fingerprint density at radius 1 is 0.851 bits per heavy atom. The van der Waals surface area contributed by atoms with Crippen LogP contribution >= 0.6 is 0 Å². The quantitative estimate of drug-likeness (QED) is 0.181. The van der Waals surface area contributed by atoms with E-state index < -0.39 is 45.8 Å². The Morgan fingerprint density at radius 2 is 1.45 bits per heavy atom. The van der Waals surface area contributed by atoms with Gasteiger partial charge in [-0.1, -0.05) is 63.2 Å². The fourth-order valence-electron chi connectivity index (χ4n) is 4.84. The molecule has 47 heavy (non-hydrogen) atoms. The molecule has 3 aromatic rings. The van der Waals surface area contributed by atoms with Gasteiger partial charge >= 0.3 is 0 Å². The van der Waals surface area contributed by atoms with E-state index in [0.717, 1.165) is 16.1 Å². The second-order valence-electron chi connectivity index (χ2n) is 12.1. The van der Waals surface area contributed by atoms with E-state index in [1.165, 1.54) is 37.4 Å². The summed E-state index contributed by atoms with van der Waals surface area (Å²) in [6.45, 7) is 8.51. The van der Waals surface area contributed by atoms with Crippen molar-refractivity contribution in [3.63, 3.8) is 0 Å². The summed E-state index contributed by atoms with van der Waals surface area (Å²) in [6, 6.07) is 18.1. The van der Waals surface area contributed by atoms with Gasteiger partial charge in [-0.15, -0.1) is 0 Å². The predicted octanol–water partition coefficient (Wildman–Crippen LogP) is 4.19. The van der Waals surface area contributed by atoms with E-state index in [-0.39, 0.29) is 29.3 Å². The van der Waals surface area contributed by atoms with E-state index in [2.05, 4.69) is 21.3 Å². The summed E-state index contributed by atoms with van der Waals surface area (Å²) in [7, 11) is -2.39. The molecule has 0 saturated heterocycles. The van der Waals surface area contributed by atoms with Crippen LogP contribution in [0.1, 0.15) is 72.0 Å². The zero-order valence-electron chi connectivity index (χ0n) is 27.8. The lowest BCUT2D eigenvalue weighted by atomic mass is 10.0. The number of halogens is 1. The van der Waals surface area contributed by atoms with Gasteiger partial charge in [0.25, 0.3) is 11.8 Å². The molecular weight excluding hydrogens is 621 g/mol. The summed E-state index contributed by atoms with van der Waals surface area (Å²) in [4.78, 5) is 40.0. The molecule has 0 aromatic heterocycles. The molecule has 0 radical (unpaired) electrons. The largest absolute Gasteiger partial charge is 0.354 e. The molecule has 3 aromatic carbocycles. The topological polar surface area (TPSA) is 137 Å². The Kier molecular flexibility index (Phi) is 13.5. The Hall–Kier alpha value is -4.29. The number of carbonyl (C=O) groups excluding carboxylic acids is 3. The summed E-state index contributed by atoms with van der Waals surface area (Å²) in [5, 5.41) is 12.1. The second kappa shape index (κ2) is 17.0. The molecule has 0 heterocycles. The molecule has 0 aliphatic carbocycles. The molecule has 12 heteroatoms. The molecule has 0 aliphatic rings. The molecule has 3 atom stereocenters. The Labute approximate surface area is 277 Å². The van der Waals surface area contributed by atoms with Gasteiger partial charge in [0.15, 0.2) is 0 Å². The number of anilines is 1. The first-order chi connectivity index (χ1) is 22.2. The number of rotatable bonds is 16. The van der Waals surface area contributed by atoms with Crippen molar-refractivity contribution < 1.29 is 27.2 Å². The van der Waals surface area contributed by atoms with Gasteiger partial charge in [0.05, 0.1) is 24.0 Å². The molecule has 0 fully saturated rings. The van der Waals surface area contributed by atoms with Gasteiger partial charge in [-0.25, -0.2) is 12.8 Å². The number of sulfonamides is 1. The van der Waals surface area contributed by atoms with E-state index in [4.69, 9.17) is 0 Å². The fraction of sp³-hybridized carbons (Fsp3) is 0.400. The first kappa shape index (κ1) is 37.2. The monoisotopic (exact) mass is 667 g/mol. The SMILES string of the molecule is CC[C@H](NC[C@H](Cc1ccccc1)NC(=O)c1cc(C(=O)N[C@H](C)c2ccc(F)cc2)cc(N(C)S(C)(=O)=O)c1)C(=O)NCC(C)C. The second-order valence-corrected chi connectivity index (χ2v) is 14.1. The third kappa shape index (κ3) is 11.5. The van der Waals surface area contributed by atoms with Crippen molar-refractivity contribution >= 4 is 33.4 Å². The molecule has 10 nitrogen and oxygen atoms in total. The highest BCUT2D eigenvalue weighted by Gasteiger charge is 2.23. The van der Waals surface area contributed by atoms with E-state index >= 15 is 0 Å². The first-order valence-electron chi connectivity index (χ1n) is 15.7. The maximum absolute atomic E-state index is 13.8. The number of amides is 3. The minimum atomic E-state index is -3.73. The molecule has 3 amide bonds. The number of nitrogens with zero attached hydrogens (tertiary/aromatic N) is 1. The van der Waals surface area contributed by atoms with Crippen molar-refractivity contribution in [1.29, 1.82) is 0 Å². The molecule has 0 unspecified atom stereocenters.